The van der Waals surface area contributed by atoms with E-state index in [0.717, 1.165) is 11.7 Å². The number of rotatable bonds is 5. The Bertz CT molecular complexity index is 358. The van der Waals surface area contributed by atoms with E-state index in [0.29, 0.717) is 0 Å². The van der Waals surface area contributed by atoms with Gasteiger partial charge in [0.15, 0.2) is 0 Å². The van der Waals surface area contributed by atoms with E-state index in [-0.39, 0.29) is 0 Å². The molecule has 0 spiro atoms. The molecule has 1 aromatic carbocycles. The van der Waals surface area contributed by atoms with Crippen LogP contribution < -0.4 is 5.73 Å². The highest BCUT2D eigenvalue weighted by Gasteiger charge is 2.18. The summed E-state index contributed by atoms with van der Waals surface area (Å²) >= 11 is 0. The second-order valence-electron chi connectivity index (χ2n) is 5.79. The van der Waals surface area contributed by atoms with Gasteiger partial charge in [-0.3, -0.25) is 0 Å². The Kier molecular flexibility index (Phi) is 5.71. The predicted molar refractivity (Wildman–Crippen MR) is 83.3 cm³/mol. The molecule has 0 aromatic heterocycles. The molecule has 2 heteroatoms. The summed E-state index contributed by atoms with van der Waals surface area (Å²) in [7, 11) is 0. The van der Waals surface area contributed by atoms with E-state index in [4.69, 9.17) is 5.73 Å². The van der Waals surface area contributed by atoms with Gasteiger partial charge in [-0.25, -0.2) is 0 Å². The van der Waals surface area contributed by atoms with Crippen LogP contribution in [0.1, 0.15) is 51.0 Å². The standard InChI is InChI=1S/C17H28N2/c1-2-17-8-4-3-5-13-19(17)14-6-7-15-9-11-16(18)12-10-15/h9-12,17H,2-8,13-14,18H2,1H3. The van der Waals surface area contributed by atoms with E-state index < -0.39 is 0 Å². The molecule has 1 fully saturated rings. The van der Waals surface area contributed by atoms with Crippen LogP contribution >= 0.6 is 0 Å². The van der Waals surface area contributed by atoms with Crippen LogP contribution in [-0.4, -0.2) is 24.0 Å². The Morgan fingerprint density at radius 2 is 1.95 bits per heavy atom. The zero-order valence-corrected chi connectivity index (χ0v) is 12.3. The number of aryl methyl sites for hydroxylation is 1. The van der Waals surface area contributed by atoms with Crippen molar-refractivity contribution in [2.75, 3.05) is 18.8 Å². The fraction of sp³-hybridized carbons (Fsp3) is 0.647. The lowest BCUT2D eigenvalue weighted by molar-refractivity contribution is 0.192. The lowest BCUT2D eigenvalue weighted by Gasteiger charge is -2.29. The van der Waals surface area contributed by atoms with Crippen LogP contribution in [0, 0.1) is 0 Å². The van der Waals surface area contributed by atoms with Crippen LogP contribution in [0.15, 0.2) is 24.3 Å². The molecule has 19 heavy (non-hydrogen) atoms. The van der Waals surface area contributed by atoms with E-state index in [9.17, 15) is 0 Å². The Morgan fingerprint density at radius 1 is 1.16 bits per heavy atom. The molecule has 2 N–H and O–H groups in total. The normalized spacial score (nSPS) is 21.2. The highest BCUT2D eigenvalue weighted by atomic mass is 15.1. The fourth-order valence-electron chi connectivity index (χ4n) is 3.16. The average molecular weight is 260 g/mol. The van der Waals surface area contributed by atoms with Crippen LogP contribution in [0.25, 0.3) is 0 Å². The molecule has 0 radical (unpaired) electrons. The van der Waals surface area contributed by atoms with E-state index in [1.165, 1.54) is 63.6 Å². The average Bonchev–Trinajstić information content (AvgIpc) is 2.66. The predicted octanol–water partition coefficient (Wildman–Crippen LogP) is 3.86. The monoisotopic (exact) mass is 260 g/mol. The van der Waals surface area contributed by atoms with Crippen molar-refractivity contribution in [3.8, 4) is 0 Å². The molecule has 1 atom stereocenters. The summed E-state index contributed by atoms with van der Waals surface area (Å²) in [6.45, 7) is 4.89. The van der Waals surface area contributed by atoms with E-state index in [1.54, 1.807) is 0 Å². The molecule has 1 heterocycles. The van der Waals surface area contributed by atoms with E-state index in [2.05, 4.69) is 24.0 Å². The number of anilines is 1. The van der Waals surface area contributed by atoms with Crippen molar-refractivity contribution in [2.45, 2.75) is 57.9 Å². The first-order valence-electron chi connectivity index (χ1n) is 7.88. The molecule has 1 aliphatic rings. The molecule has 0 saturated carbocycles. The molecule has 106 valence electrons. The number of likely N-dealkylation sites (tertiary alicyclic amines) is 1. The minimum absolute atomic E-state index is 0.828. The van der Waals surface area contributed by atoms with Gasteiger partial charge in [-0.1, -0.05) is 31.9 Å². The molecule has 2 nitrogen and oxygen atoms in total. The summed E-state index contributed by atoms with van der Waals surface area (Å²) in [6, 6.07) is 9.17. The van der Waals surface area contributed by atoms with E-state index in [1.807, 2.05) is 12.1 Å². The van der Waals surface area contributed by atoms with Crippen molar-refractivity contribution < 1.29 is 0 Å². The maximum atomic E-state index is 5.72. The number of nitrogen functional groups attached to an aromatic ring is 1. The van der Waals surface area contributed by atoms with Gasteiger partial charge in [0.25, 0.3) is 0 Å². The molecule has 1 aliphatic heterocycles. The quantitative estimate of drug-likeness (QED) is 0.815. The van der Waals surface area contributed by atoms with Crippen molar-refractivity contribution in [3.05, 3.63) is 29.8 Å². The summed E-state index contributed by atoms with van der Waals surface area (Å²) in [5.74, 6) is 0. The zero-order chi connectivity index (χ0) is 13.5. The molecule has 2 rings (SSSR count). The molecule has 0 aliphatic carbocycles. The summed E-state index contributed by atoms with van der Waals surface area (Å²) < 4.78 is 0. The Hall–Kier alpha value is -1.02. The number of nitrogens with two attached hydrogens (primary N) is 1. The van der Waals surface area contributed by atoms with E-state index >= 15 is 0 Å². The van der Waals surface area contributed by atoms with Crippen molar-refractivity contribution in [2.24, 2.45) is 0 Å². The Labute approximate surface area is 118 Å². The van der Waals surface area contributed by atoms with Gasteiger partial charge in [-0.15, -0.1) is 0 Å². The lowest BCUT2D eigenvalue weighted by atomic mass is 10.1. The molecular weight excluding hydrogens is 232 g/mol. The third-order valence-corrected chi connectivity index (χ3v) is 4.36. The molecule has 1 saturated heterocycles. The minimum atomic E-state index is 0.828. The lowest BCUT2D eigenvalue weighted by Crippen LogP contribution is -2.35. The zero-order valence-electron chi connectivity index (χ0n) is 12.3. The maximum absolute atomic E-state index is 5.72. The second kappa shape index (κ2) is 7.54. The molecule has 0 bridgehead atoms. The fourth-order valence-corrected chi connectivity index (χ4v) is 3.16. The van der Waals surface area contributed by atoms with Crippen LogP contribution in [0.4, 0.5) is 5.69 Å². The summed E-state index contributed by atoms with van der Waals surface area (Å²) in [6.07, 6.45) is 9.38. The first-order valence-corrected chi connectivity index (χ1v) is 7.88. The molecular formula is C17H28N2. The Balaban J connectivity index is 1.78. The number of nitrogens with zero attached hydrogens (tertiary/aromatic N) is 1. The topological polar surface area (TPSA) is 29.3 Å². The van der Waals surface area contributed by atoms with Crippen molar-refractivity contribution >= 4 is 5.69 Å². The first kappa shape index (κ1) is 14.4. The first-order chi connectivity index (χ1) is 9.29. The SMILES string of the molecule is CCC1CCCCCN1CCCc1ccc(N)cc1. The van der Waals surface area contributed by atoms with Gasteiger partial charge in [0.2, 0.25) is 0 Å². The number of benzene rings is 1. The van der Waals surface area contributed by atoms with Gasteiger partial charge < -0.3 is 10.6 Å². The molecule has 1 aromatic rings. The maximum Gasteiger partial charge on any atom is 0.0314 e. The largest absolute Gasteiger partial charge is 0.399 e. The minimum Gasteiger partial charge on any atom is -0.399 e. The highest BCUT2D eigenvalue weighted by Crippen LogP contribution is 2.19. The van der Waals surface area contributed by atoms with Crippen LogP contribution in [0.2, 0.25) is 0 Å². The van der Waals surface area contributed by atoms with Crippen molar-refractivity contribution in [1.82, 2.24) is 4.90 Å². The van der Waals surface area contributed by atoms with Crippen LogP contribution in [-0.2, 0) is 6.42 Å². The highest BCUT2D eigenvalue weighted by molar-refractivity contribution is 5.39. The van der Waals surface area contributed by atoms with Gasteiger partial charge in [-0.05, 0) is 62.9 Å². The van der Waals surface area contributed by atoms with Gasteiger partial charge in [0.05, 0.1) is 0 Å². The molecule has 0 amide bonds. The number of hydrogen-bond donors (Lipinski definition) is 1. The smallest absolute Gasteiger partial charge is 0.0314 e. The third kappa shape index (κ3) is 4.54. The Morgan fingerprint density at radius 3 is 2.68 bits per heavy atom. The van der Waals surface area contributed by atoms with Gasteiger partial charge in [-0.2, -0.15) is 0 Å². The third-order valence-electron chi connectivity index (χ3n) is 4.36. The molecule has 1 unspecified atom stereocenters. The number of hydrogen-bond acceptors (Lipinski definition) is 2. The second-order valence-corrected chi connectivity index (χ2v) is 5.79. The van der Waals surface area contributed by atoms with Gasteiger partial charge >= 0.3 is 0 Å². The van der Waals surface area contributed by atoms with Crippen molar-refractivity contribution in [1.29, 1.82) is 0 Å². The summed E-state index contributed by atoms with van der Waals surface area (Å²) in [4.78, 5) is 2.73. The van der Waals surface area contributed by atoms with Gasteiger partial charge in [0.1, 0.15) is 0 Å². The summed E-state index contributed by atoms with van der Waals surface area (Å²) in [5, 5.41) is 0. The van der Waals surface area contributed by atoms with Crippen LogP contribution in [0.5, 0.6) is 0 Å². The van der Waals surface area contributed by atoms with Crippen molar-refractivity contribution in [3.63, 3.8) is 0 Å². The summed E-state index contributed by atoms with van der Waals surface area (Å²) in [5.41, 5.74) is 7.99. The van der Waals surface area contributed by atoms with Gasteiger partial charge in [0, 0.05) is 11.7 Å². The van der Waals surface area contributed by atoms with Crippen LogP contribution in [0.3, 0.4) is 0 Å².